The summed E-state index contributed by atoms with van der Waals surface area (Å²) in [7, 11) is 0. The summed E-state index contributed by atoms with van der Waals surface area (Å²) in [5.74, 6) is 0. The lowest BCUT2D eigenvalue weighted by Gasteiger charge is -2.14. The average Bonchev–Trinajstić information content (AvgIpc) is 2.67. The summed E-state index contributed by atoms with van der Waals surface area (Å²) in [6.45, 7) is 0. The van der Waals surface area contributed by atoms with Crippen molar-refractivity contribution >= 4 is 76.0 Å². The normalized spacial score (nSPS) is 12.2. The first-order chi connectivity index (χ1) is 12.3. The van der Waals surface area contributed by atoms with E-state index in [-0.39, 0.29) is 0 Å². The number of fused-ring (bicyclic) bond motifs is 4. The lowest BCUT2D eigenvalue weighted by molar-refractivity contribution is 1.79. The molecule has 6 aromatic rings. The zero-order valence-corrected chi connectivity index (χ0v) is 14.9. The zero-order valence-electron chi connectivity index (χ0n) is 13.2. The minimum Gasteiger partial charge on any atom is -0.135 e. The van der Waals surface area contributed by atoms with Crippen LogP contribution in [0.2, 0.25) is 0 Å². The van der Waals surface area contributed by atoms with Gasteiger partial charge in [-0.2, -0.15) is 0 Å². The van der Waals surface area contributed by atoms with Gasteiger partial charge >= 0.3 is 0 Å². The molecule has 0 aliphatic rings. The van der Waals surface area contributed by atoms with Crippen LogP contribution in [0.15, 0.2) is 72.8 Å². The third kappa shape index (κ3) is 1.68. The molecule has 25 heavy (non-hydrogen) atoms. The van der Waals surface area contributed by atoms with Crippen molar-refractivity contribution in [1.29, 1.82) is 0 Å². The Kier molecular flexibility index (Phi) is 2.61. The molecule has 0 atom stereocenters. The molecule has 0 spiro atoms. The highest BCUT2D eigenvalue weighted by Crippen LogP contribution is 2.43. The van der Waals surface area contributed by atoms with Crippen molar-refractivity contribution in [2.24, 2.45) is 0 Å². The molecule has 6 rings (SSSR count). The second-order valence-corrected chi connectivity index (χ2v) is 7.99. The number of hydrogen-bond acceptors (Lipinski definition) is 2. The van der Waals surface area contributed by atoms with Crippen molar-refractivity contribution < 1.29 is 0 Å². The van der Waals surface area contributed by atoms with E-state index >= 15 is 0 Å². The predicted molar refractivity (Wildman–Crippen MR) is 114 cm³/mol. The maximum Gasteiger partial charge on any atom is 0.0534 e. The zero-order chi connectivity index (χ0) is 16.5. The van der Waals surface area contributed by atoms with Gasteiger partial charge in [-0.25, -0.2) is 0 Å². The molecule has 0 aliphatic carbocycles. The molecule has 0 saturated carbocycles. The summed E-state index contributed by atoms with van der Waals surface area (Å²) in [6, 6.07) is 26.2. The molecule has 0 N–H and O–H groups in total. The molecular formula is C23H12S2. The van der Waals surface area contributed by atoms with Crippen LogP contribution in [-0.4, -0.2) is 0 Å². The third-order valence-electron chi connectivity index (χ3n) is 5.23. The Morgan fingerprint density at radius 2 is 1.12 bits per heavy atom. The van der Waals surface area contributed by atoms with Crippen LogP contribution in [0.25, 0.3) is 52.5 Å². The Hall–Kier alpha value is -2.55. The summed E-state index contributed by atoms with van der Waals surface area (Å²) < 4.78 is 3.63. The molecule has 0 unspecified atom stereocenters. The summed E-state index contributed by atoms with van der Waals surface area (Å²) >= 11 is 7.73. The van der Waals surface area contributed by atoms with E-state index in [2.05, 4.69) is 72.8 Å². The molecule has 1 aromatic heterocycles. The lowest BCUT2D eigenvalue weighted by atomic mass is 9.92. The summed E-state index contributed by atoms with van der Waals surface area (Å²) in [6.07, 6.45) is 0. The first-order valence-electron chi connectivity index (χ1n) is 8.34. The maximum absolute atomic E-state index is 5.86. The Labute approximate surface area is 153 Å². The Morgan fingerprint density at radius 3 is 2.00 bits per heavy atom. The highest BCUT2D eigenvalue weighted by atomic mass is 32.1. The average molecular weight is 352 g/mol. The quantitative estimate of drug-likeness (QED) is 0.153. The number of rotatable bonds is 0. The van der Waals surface area contributed by atoms with Gasteiger partial charge in [0.1, 0.15) is 0 Å². The Balaban J connectivity index is 2.04. The van der Waals surface area contributed by atoms with Crippen LogP contribution in [0.5, 0.6) is 0 Å². The Bertz CT molecular complexity index is 1510. The van der Waals surface area contributed by atoms with Crippen LogP contribution in [0.3, 0.4) is 0 Å². The number of hydrogen-bond donors (Lipinski definition) is 0. The van der Waals surface area contributed by atoms with Crippen molar-refractivity contribution in [3.8, 4) is 0 Å². The van der Waals surface area contributed by atoms with E-state index in [1.165, 1.54) is 52.5 Å². The summed E-state index contributed by atoms with van der Waals surface area (Å²) in [5.41, 5.74) is 0. The number of benzene rings is 5. The highest BCUT2D eigenvalue weighted by molar-refractivity contribution is 7.72. The van der Waals surface area contributed by atoms with E-state index in [9.17, 15) is 0 Å². The van der Waals surface area contributed by atoms with E-state index in [4.69, 9.17) is 12.2 Å². The third-order valence-corrected chi connectivity index (χ3v) is 6.80. The molecule has 0 fully saturated rings. The molecule has 2 heteroatoms. The fourth-order valence-corrected chi connectivity index (χ4v) is 5.61. The van der Waals surface area contributed by atoms with Gasteiger partial charge in [-0.05, 0) is 33.7 Å². The molecule has 5 aromatic carbocycles. The second-order valence-electron chi connectivity index (χ2n) is 6.49. The van der Waals surface area contributed by atoms with Gasteiger partial charge in [0.2, 0.25) is 0 Å². The van der Waals surface area contributed by atoms with Crippen LogP contribution in [-0.2, 0) is 0 Å². The largest absolute Gasteiger partial charge is 0.135 e. The van der Waals surface area contributed by atoms with Gasteiger partial charge in [0.25, 0.3) is 0 Å². The van der Waals surface area contributed by atoms with E-state index in [1.54, 1.807) is 0 Å². The SMILES string of the molecule is S=c1c2ccccc2c2ccc3sc4ccccc4c4ccc1c2c34. The van der Waals surface area contributed by atoms with Gasteiger partial charge in [-0.1, -0.05) is 72.9 Å². The summed E-state index contributed by atoms with van der Waals surface area (Å²) in [4.78, 5) is 0. The summed E-state index contributed by atoms with van der Waals surface area (Å²) in [5, 5.41) is 10.3. The van der Waals surface area contributed by atoms with Gasteiger partial charge in [-0.15, -0.1) is 11.3 Å². The first kappa shape index (κ1) is 13.7. The molecule has 0 radical (unpaired) electrons. The molecule has 1 heterocycles. The maximum atomic E-state index is 5.86. The minimum atomic E-state index is 0.968. The van der Waals surface area contributed by atoms with E-state index < -0.39 is 0 Å². The van der Waals surface area contributed by atoms with Crippen molar-refractivity contribution in [3.63, 3.8) is 0 Å². The van der Waals surface area contributed by atoms with Crippen LogP contribution in [0, 0.1) is 4.51 Å². The van der Waals surface area contributed by atoms with Crippen LogP contribution < -0.4 is 0 Å². The van der Waals surface area contributed by atoms with Crippen molar-refractivity contribution in [2.45, 2.75) is 0 Å². The van der Waals surface area contributed by atoms with E-state index in [1.807, 2.05) is 11.3 Å². The lowest BCUT2D eigenvalue weighted by Crippen LogP contribution is -1.87. The van der Waals surface area contributed by atoms with Crippen LogP contribution >= 0.6 is 23.6 Å². The topological polar surface area (TPSA) is 0 Å². The monoisotopic (exact) mass is 352 g/mol. The van der Waals surface area contributed by atoms with Gasteiger partial charge in [0, 0.05) is 30.9 Å². The molecular weight excluding hydrogens is 340 g/mol. The first-order valence-corrected chi connectivity index (χ1v) is 9.56. The molecule has 0 bridgehead atoms. The van der Waals surface area contributed by atoms with E-state index in [0.717, 1.165) is 4.51 Å². The molecule has 0 aliphatic heterocycles. The minimum absolute atomic E-state index is 0.968. The van der Waals surface area contributed by atoms with Crippen molar-refractivity contribution in [1.82, 2.24) is 0 Å². The van der Waals surface area contributed by atoms with Crippen molar-refractivity contribution in [3.05, 3.63) is 77.3 Å². The smallest absolute Gasteiger partial charge is 0.0534 e. The van der Waals surface area contributed by atoms with Gasteiger partial charge in [-0.3, -0.25) is 0 Å². The van der Waals surface area contributed by atoms with Crippen molar-refractivity contribution in [2.75, 3.05) is 0 Å². The molecule has 0 saturated heterocycles. The van der Waals surface area contributed by atoms with Gasteiger partial charge in [0.15, 0.2) is 0 Å². The van der Waals surface area contributed by atoms with Gasteiger partial charge < -0.3 is 0 Å². The Morgan fingerprint density at radius 1 is 0.480 bits per heavy atom. The highest BCUT2D eigenvalue weighted by Gasteiger charge is 2.14. The standard InChI is InChI=1S/C23H12S2/c24-23-17-7-2-1-5-13(17)15-11-12-20-22-16(9-10-18(23)21(15)22)14-6-3-4-8-19(14)25-20/h1-12H. The van der Waals surface area contributed by atoms with Gasteiger partial charge in [0.05, 0.1) is 4.51 Å². The fraction of sp³-hybridized carbons (Fsp3) is 0. The molecule has 0 amide bonds. The fourth-order valence-electron chi connectivity index (χ4n) is 4.14. The van der Waals surface area contributed by atoms with Crippen LogP contribution in [0.1, 0.15) is 0 Å². The van der Waals surface area contributed by atoms with E-state index in [0.29, 0.717) is 0 Å². The second kappa shape index (κ2) is 4.75. The predicted octanol–water partition coefficient (Wildman–Crippen LogP) is 7.68. The van der Waals surface area contributed by atoms with Crippen LogP contribution in [0.4, 0.5) is 0 Å². The molecule has 116 valence electrons. The molecule has 0 nitrogen and oxygen atoms in total.